The molecule has 0 aliphatic carbocycles. The number of rotatable bonds is 4. The fourth-order valence-electron chi connectivity index (χ4n) is 5.56. The third kappa shape index (κ3) is 2.36. The average Bonchev–Trinajstić information content (AvgIpc) is 3.30. The first-order valence-corrected chi connectivity index (χ1v) is 11.1. The predicted molar refractivity (Wildman–Crippen MR) is 129 cm³/mol. The summed E-state index contributed by atoms with van der Waals surface area (Å²) >= 11 is 0. The lowest BCUT2D eigenvalue weighted by Gasteiger charge is -2.44. The maximum absolute atomic E-state index is 14.5. The third-order valence-electron chi connectivity index (χ3n) is 6.85. The smallest absolute Gasteiger partial charge is 0.291 e. The van der Waals surface area contributed by atoms with Crippen molar-refractivity contribution in [1.29, 1.82) is 0 Å². The van der Waals surface area contributed by atoms with E-state index in [0.29, 0.717) is 22.4 Å². The van der Waals surface area contributed by atoms with E-state index in [9.17, 15) is 14.4 Å². The number of Topliss-reactive ketones (excluding diaryl/α,β-unsaturated/α-hetero) is 2. The Bertz CT molecular complexity index is 1440. The van der Waals surface area contributed by atoms with E-state index in [-0.39, 0.29) is 0 Å². The number of para-hydroxylation sites is 2. The molecule has 2 atom stereocenters. The molecule has 164 valence electrons. The first-order valence-electron chi connectivity index (χ1n) is 11.1. The van der Waals surface area contributed by atoms with Crippen molar-refractivity contribution in [2.75, 3.05) is 4.90 Å². The maximum Gasteiger partial charge on any atom is 0.291 e. The van der Waals surface area contributed by atoms with Crippen molar-refractivity contribution in [3.63, 3.8) is 0 Å². The highest BCUT2D eigenvalue weighted by molar-refractivity contribution is 6.50. The molecule has 5 nitrogen and oxygen atoms in total. The summed E-state index contributed by atoms with van der Waals surface area (Å²) < 4.78 is 0. The molecule has 0 bridgehead atoms. The number of benzene rings is 4. The van der Waals surface area contributed by atoms with Crippen LogP contribution in [0.3, 0.4) is 0 Å². The summed E-state index contributed by atoms with van der Waals surface area (Å²) in [4.78, 5) is 43.7. The maximum atomic E-state index is 14.5. The van der Waals surface area contributed by atoms with Crippen LogP contribution < -0.4 is 10.2 Å². The lowest BCUT2D eigenvalue weighted by molar-refractivity contribution is -0.136. The minimum atomic E-state index is -1.81. The van der Waals surface area contributed by atoms with Crippen LogP contribution in [0.5, 0.6) is 0 Å². The topological polar surface area (TPSA) is 66.5 Å². The van der Waals surface area contributed by atoms with Crippen LogP contribution in [0.1, 0.15) is 21.5 Å². The van der Waals surface area contributed by atoms with Gasteiger partial charge in [0, 0.05) is 28.1 Å². The second-order valence-corrected chi connectivity index (χ2v) is 8.49. The summed E-state index contributed by atoms with van der Waals surface area (Å²) in [6.07, 6.45) is 0. The molecule has 0 radical (unpaired) electrons. The lowest BCUT2D eigenvalue weighted by Crippen LogP contribution is -2.62. The molecular formula is C29H20N2O3. The Hall–Kier alpha value is -4.51. The van der Waals surface area contributed by atoms with Crippen molar-refractivity contribution in [2.24, 2.45) is 0 Å². The largest absolute Gasteiger partial charge is 0.321 e. The number of nitrogens with one attached hydrogen (secondary N) is 1. The van der Waals surface area contributed by atoms with Gasteiger partial charge in [-0.2, -0.15) is 0 Å². The van der Waals surface area contributed by atoms with Gasteiger partial charge < -0.3 is 10.2 Å². The fourth-order valence-corrected chi connectivity index (χ4v) is 5.56. The van der Waals surface area contributed by atoms with Gasteiger partial charge in [0.25, 0.3) is 5.91 Å². The number of carbonyl (C=O) groups excluding carboxylic acids is 3. The number of hydrogen-bond donors (Lipinski definition) is 1. The van der Waals surface area contributed by atoms with Crippen LogP contribution in [0, 0.1) is 0 Å². The van der Waals surface area contributed by atoms with Gasteiger partial charge in [0.1, 0.15) is 0 Å². The molecule has 1 amide bonds. The molecule has 0 saturated carbocycles. The van der Waals surface area contributed by atoms with Crippen LogP contribution >= 0.6 is 0 Å². The Morgan fingerprint density at radius 1 is 0.676 bits per heavy atom. The molecule has 2 aliphatic rings. The Kier molecular flexibility index (Phi) is 4.29. The zero-order chi connectivity index (χ0) is 23.3. The van der Waals surface area contributed by atoms with Crippen molar-refractivity contribution in [2.45, 2.75) is 11.1 Å². The van der Waals surface area contributed by atoms with Crippen LogP contribution in [-0.2, 0) is 20.7 Å². The molecule has 4 aromatic carbocycles. The quantitative estimate of drug-likeness (QED) is 0.286. The highest BCUT2D eigenvalue weighted by Crippen LogP contribution is 2.62. The van der Waals surface area contributed by atoms with Crippen molar-refractivity contribution in [3.05, 3.63) is 132 Å². The highest BCUT2D eigenvalue weighted by Gasteiger charge is 2.76. The molecule has 4 aromatic rings. The molecular weight excluding hydrogens is 424 g/mol. The Morgan fingerprint density at radius 3 is 1.91 bits per heavy atom. The minimum Gasteiger partial charge on any atom is -0.321 e. The van der Waals surface area contributed by atoms with E-state index in [4.69, 9.17) is 0 Å². The zero-order valence-corrected chi connectivity index (χ0v) is 18.1. The minimum absolute atomic E-state index is 0.373. The van der Waals surface area contributed by atoms with Crippen LogP contribution in [0.4, 0.5) is 11.4 Å². The number of anilines is 2. The van der Waals surface area contributed by atoms with Gasteiger partial charge in [0.2, 0.25) is 5.78 Å². The summed E-state index contributed by atoms with van der Waals surface area (Å²) in [6, 6.07) is 34.9. The van der Waals surface area contributed by atoms with Crippen molar-refractivity contribution >= 4 is 28.8 Å². The molecule has 34 heavy (non-hydrogen) atoms. The first-order chi connectivity index (χ1) is 16.6. The van der Waals surface area contributed by atoms with Gasteiger partial charge in [0.05, 0.1) is 0 Å². The number of hydrogen-bond acceptors (Lipinski definition) is 4. The third-order valence-corrected chi connectivity index (χ3v) is 6.85. The van der Waals surface area contributed by atoms with E-state index < -0.39 is 28.6 Å². The summed E-state index contributed by atoms with van der Waals surface area (Å²) in [6.45, 7) is 0. The van der Waals surface area contributed by atoms with Crippen LogP contribution in [0.2, 0.25) is 0 Å². The Morgan fingerprint density at radius 2 is 1.24 bits per heavy atom. The van der Waals surface area contributed by atoms with Gasteiger partial charge in [-0.3, -0.25) is 14.4 Å². The van der Waals surface area contributed by atoms with E-state index in [0.717, 1.165) is 5.69 Å². The summed E-state index contributed by atoms with van der Waals surface area (Å²) in [5, 5.41) is 3.00. The normalized spacial score (nSPS) is 22.8. The van der Waals surface area contributed by atoms with Crippen molar-refractivity contribution in [3.8, 4) is 0 Å². The summed E-state index contributed by atoms with van der Waals surface area (Å²) in [7, 11) is 0. The van der Waals surface area contributed by atoms with Gasteiger partial charge in [-0.1, -0.05) is 97.1 Å². The standard InChI is InChI=1S/C29H20N2O3/c32-25(20-12-4-1-5-13-20)28-23-18-10-11-19-24(23)31(22-16-8-3-9-17-22)29(28,30-27(34)26(28)33)21-14-6-2-7-15-21/h1-19H,(H,30,34)/t28-,29+/m0/s1. The molecule has 0 unspecified atom stereocenters. The van der Waals surface area contributed by atoms with Gasteiger partial charge in [-0.05, 0) is 18.2 Å². The van der Waals surface area contributed by atoms with E-state index in [1.807, 2.05) is 83.8 Å². The number of nitrogens with zero attached hydrogens (tertiary/aromatic N) is 1. The predicted octanol–water partition coefficient (Wildman–Crippen LogP) is 4.51. The lowest BCUT2D eigenvalue weighted by atomic mass is 9.65. The second kappa shape index (κ2) is 7.25. The van der Waals surface area contributed by atoms with Gasteiger partial charge >= 0.3 is 0 Å². The zero-order valence-electron chi connectivity index (χ0n) is 18.1. The molecule has 1 saturated heterocycles. The molecule has 2 heterocycles. The van der Waals surface area contributed by atoms with E-state index in [2.05, 4.69) is 5.32 Å². The Balaban J connectivity index is 1.79. The summed E-state index contributed by atoms with van der Waals surface area (Å²) in [5.74, 6) is -1.94. The molecule has 1 N–H and O–H groups in total. The van der Waals surface area contributed by atoms with Crippen LogP contribution in [-0.4, -0.2) is 17.5 Å². The van der Waals surface area contributed by atoms with E-state index >= 15 is 0 Å². The summed E-state index contributed by atoms with van der Waals surface area (Å²) in [5.41, 5.74) is -0.276. The Labute approximate surface area is 196 Å². The van der Waals surface area contributed by atoms with Crippen LogP contribution in [0.25, 0.3) is 0 Å². The molecule has 1 fully saturated rings. The number of carbonyl (C=O) groups is 3. The van der Waals surface area contributed by atoms with Gasteiger partial charge in [-0.25, -0.2) is 0 Å². The van der Waals surface area contributed by atoms with Crippen molar-refractivity contribution < 1.29 is 14.4 Å². The monoisotopic (exact) mass is 444 g/mol. The molecule has 5 heteroatoms. The van der Waals surface area contributed by atoms with E-state index in [1.165, 1.54) is 0 Å². The SMILES string of the molecule is O=C1N[C@]2(c3ccccc3)N(c3ccccc3)c3ccccc3[C@]2(C(=O)c2ccccc2)C1=O. The highest BCUT2D eigenvalue weighted by atomic mass is 16.2. The average molecular weight is 444 g/mol. The first kappa shape index (κ1) is 20.1. The second-order valence-electron chi connectivity index (χ2n) is 8.49. The fraction of sp³-hybridized carbons (Fsp3) is 0.0690. The molecule has 2 aliphatic heterocycles. The van der Waals surface area contributed by atoms with Gasteiger partial charge in [0.15, 0.2) is 16.9 Å². The van der Waals surface area contributed by atoms with Crippen molar-refractivity contribution in [1.82, 2.24) is 5.32 Å². The molecule has 6 rings (SSSR count). The van der Waals surface area contributed by atoms with Crippen LogP contribution in [0.15, 0.2) is 115 Å². The number of ketones is 2. The number of fused-ring (bicyclic) bond motifs is 3. The molecule has 0 aromatic heterocycles. The molecule has 0 spiro atoms. The van der Waals surface area contributed by atoms with E-state index in [1.54, 1.807) is 36.4 Å². The van der Waals surface area contributed by atoms with Gasteiger partial charge in [-0.15, -0.1) is 0 Å². The number of amides is 1.